The maximum atomic E-state index is 12.1. The van der Waals surface area contributed by atoms with Crippen molar-refractivity contribution in [3.8, 4) is 5.75 Å². The van der Waals surface area contributed by atoms with Gasteiger partial charge in [0.2, 0.25) is 5.43 Å². The third-order valence-corrected chi connectivity index (χ3v) is 3.98. The molecular formula is C19H22O5. The molecule has 5 nitrogen and oxygen atoms in total. The Labute approximate surface area is 141 Å². The van der Waals surface area contributed by atoms with Gasteiger partial charge >= 0.3 is 6.16 Å². The molecule has 0 spiro atoms. The zero-order chi connectivity index (χ0) is 17.3. The van der Waals surface area contributed by atoms with Gasteiger partial charge in [-0.05, 0) is 63.3 Å². The fraction of sp³-hybridized carbons (Fsp3) is 0.474. The summed E-state index contributed by atoms with van der Waals surface area (Å²) in [5.74, 6) is -0.0241. The maximum absolute atomic E-state index is 12.1. The van der Waals surface area contributed by atoms with Crippen LogP contribution in [0.3, 0.4) is 0 Å². The molecular weight excluding hydrogens is 308 g/mol. The molecule has 2 atom stereocenters. The summed E-state index contributed by atoms with van der Waals surface area (Å²) in [5.41, 5.74) is 0.958. The molecule has 2 bridgehead atoms. The zero-order valence-corrected chi connectivity index (χ0v) is 14.2. The second-order valence-corrected chi connectivity index (χ2v) is 7.19. The lowest BCUT2D eigenvalue weighted by molar-refractivity contribution is 0.0204. The smallest absolute Gasteiger partial charge is 0.428 e. The van der Waals surface area contributed by atoms with Crippen LogP contribution < -0.4 is 10.2 Å². The highest BCUT2D eigenvalue weighted by Crippen LogP contribution is 2.36. The highest BCUT2D eigenvalue weighted by molar-refractivity contribution is 5.70. The highest BCUT2D eigenvalue weighted by Gasteiger charge is 2.30. The third kappa shape index (κ3) is 4.03. The Morgan fingerprint density at radius 2 is 2.04 bits per heavy atom. The normalized spacial score (nSPS) is 22.7. The van der Waals surface area contributed by atoms with Gasteiger partial charge in [-0.2, -0.15) is 0 Å². The quantitative estimate of drug-likeness (QED) is 0.774. The molecule has 1 fully saturated rings. The summed E-state index contributed by atoms with van der Waals surface area (Å²) in [4.78, 5) is 24.0. The lowest BCUT2D eigenvalue weighted by atomic mass is 9.99. The first-order chi connectivity index (χ1) is 11.3. The van der Waals surface area contributed by atoms with Gasteiger partial charge in [-0.15, -0.1) is 0 Å². The van der Waals surface area contributed by atoms with Gasteiger partial charge < -0.3 is 14.2 Å². The van der Waals surface area contributed by atoms with Crippen molar-refractivity contribution >= 4 is 11.7 Å². The number of carbonyl (C=O) groups excluding carboxylic acids is 1. The molecule has 5 heteroatoms. The third-order valence-electron chi connectivity index (χ3n) is 3.98. The van der Waals surface area contributed by atoms with Gasteiger partial charge in [0.25, 0.3) is 0 Å². The molecule has 0 saturated carbocycles. The molecule has 3 rings (SSSR count). The molecule has 1 saturated heterocycles. The van der Waals surface area contributed by atoms with Gasteiger partial charge in [0.05, 0.1) is 12.2 Å². The van der Waals surface area contributed by atoms with Gasteiger partial charge in [-0.1, -0.05) is 18.2 Å². The highest BCUT2D eigenvalue weighted by atomic mass is 16.7. The van der Waals surface area contributed by atoms with E-state index in [9.17, 15) is 9.59 Å². The van der Waals surface area contributed by atoms with E-state index in [0.717, 1.165) is 30.4 Å². The minimum absolute atomic E-state index is 0.0241. The Kier molecular flexibility index (Phi) is 4.45. The second kappa shape index (κ2) is 6.40. The number of hydrogen-bond acceptors (Lipinski definition) is 5. The van der Waals surface area contributed by atoms with Gasteiger partial charge in [0.15, 0.2) is 5.75 Å². The van der Waals surface area contributed by atoms with Crippen LogP contribution in [0, 0.1) is 0 Å². The zero-order valence-electron chi connectivity index (χ0n) is 14.2. The van der Waals surface area contributed by atoms with Crippen LogP contribution in [0.25, 0.3) is 5.57 Å². The number of carbonyl (C=O) groups is 1. The van der Waals surface area contributed by atoms with Crippen molar-refractivity contribution in [3.63, 3.8) is 0 Å². The monoisotopic (exact) mass is 330 g/mol. The maximum Gasteiger partial charge on any atom is 0.514 e. The van der Waals surface area contributed by atoms with Crippen LogP contribution in [-0.2, 0) is 9.47 Å². The topological polar surface area (TPSA) is 61.8 Å². The van der Waals surface area contributed by atoms with E-state index in [1.165, 1.54) is 6.07 Å². The first kappa shape index (κ1) is 16.7. The van der Waals surface area contributed by atoms with E-state index >= 15 is 0 Å². The minimum Gasteiger partial charge on any atom is -0.428 e. The van der Waals surface area contributed by atoms with Crippen molar-refractivity contribution in [1.82, 2.24) is 0 Å². The fourth-order valence-electron chi connectivity index (χ4n) is 2.98. The summed E-state index contributed by atoms with van der Waals surface area (Å²) in [6.07, 6.45) is 4.49. The molecule has 2 aliphatic rings. The molecule has 2 unspecified atom stereocenters. The molecule has 24 heavy (non-hydrogen) atoms. The molecule has 0 aromatic heterocycles. The van der Waals surface area contributed by atoms with E-state index in [2.05, 4.69) is 6.08 Å². The van der Waals surface area contributed by atoms with Gasteiger partial charge in [0, 0.05) is 0 Å². The van der Waals surface area contributed by atoms with Crippen molar-refractivity contribution in [1.29, 1.82) is 0 Å². The van der Waals surface area contributed by atoms with Crippen LogP contribution in [0.1, 0.15) is 45.6 Å². The number of ether oxygens (including phenoxy) is 3. The van der Waals surface area contributed by atoms with Crippen LogP contribution >= 0.6 is 0 Å². The van der Waals surface area contributed by atoms with E-state index in [1.54, 1.807) is 32.9 Å². The number of rotatable bonds is 2. The van der Waals surface area contributed by atoms with Crippen LogP contribution in [0.15, 0.2) is 35.1 Å². The summed E-state index contributed by atoms with van der Waals surface area (Å²) >= 11 is 0. The largest absolute Gasteiger partial charge is 0.514 e. The summed E-state index contributed by atoms with van der Waals surface area (Å²) in [6.45, 7) is 5.22. The SMILES string of the molecule is CC(C)(C)OC(=O)Oc1cc(C2=CC3CCC(C2)O3)cccc1=O. The summed E-state index contributed by atoms with van der Waals surface area (Å²) in [6, 6.07) is 6.54. The Hall–Kier alpha value is -2.14. The molecule has 128 valence electrons. The van der Waals surface area contributed by atoms with Crippen LogP contribution in [0.5, 0.6) is 5.75 Å². The molecule has 2 aliphatic heterocycles. The average molecular weight is 330 g/mol. The number of hydrogen-bond donors (Lipinski definition) is 0. The summed E-state index contributed by atoms with van der Waals surface area (Å²) < 4.78 is 16.1. The van der Waals surface area contributed by atoms with Gasteiger partial charge in [-0.3, -0.25) is 4.79 Å². The molecule has 0 radical (unpaired) electrons. The molecule has 0 amide bonds. The van der Waals surface area contributed by atoms with E-state index in [1.807, 2.05) is 6.07 Å². The Bertz CT molecular complexity index is 729. The lowest BCUT2D eigenvalue weighted by Gasteiger charge is -2.20. The van der Waals surface area contributed by atoms with E-state index in [0.29, 0.717) is 0 Å². The van der Waals surface area contributed by atoms with Crippen LogP contribution in [0.2, 0.25) is 0 Å². The Morgan fingerprint density at radius 1 is 1.25 bits per heavy atom. The van der Waals surface area contributed by atoms with Crippen LogP contribution in [-0.4, -0.2) is 24.0 Å². The predicted octanol–water partition coefficient (Wildman–Crippen LogP) is 3.70. The Balaban J connectivity index is 1.87. The van der Waals surface area contributed by atoms with Crippen molar-refractivity contribution < 1.29 is 19.0 Å². The van der Waals surface area contributed by atoms with Gasteiger partial charge in [0.1, 0.15) is 5.60 Å². The molecule has 1 aromatic rings. The second-order valence-electron chi connectivity index (χ2n) is 7.19. The van der Waals surface area contributed by atoms with Crippen molar-refractivity contribution in [2.24, 2.45) is 0 Å². The molecule has 2 heterocycles. The molecule has 0 N–H and O–H groups in total. The van der Waals surface area contributed by atoms with E-state index in [-0.39, 0.29) is 23.4 Å². The Morgan fingerprint density at radius 3 is 2.75 bits per heavy atom. The standard InChI is InChI=1S/C19H22O5/c1-19(2,3)24-18(21)23-17-11-12(5-4-6-16(17)20)13-9-14-7-8-15(10-13)22-14/h4-6,9,11,14-15H,7-8,10H2,1-3H3. The first-order valence-corrected chi connectivity index (χ1v) is 8.22. The molecule has 1 aromatic carbocycles. The minimum atomic E-state index is -0.877. The summed E-state index contributed by atoms with van der Waals surface area (Å²) in [7, 11) is 0. The fourth-order valence-corrected chi connectivity index (χ4v) is 2.98. The summed E-state index contributed by atoms with van der Waals surface area (Å²) in [5, 5.41) is 0. The van der Waals surface area contributed by atoms with Crippen molar-refractivity contribution in [2.45, 2.75) is 57.8 Å². The van der Waals surface area contributed by atoms with E-state index < -0.39 is 11.8 Å². The molecule has 0 aliphatic carbocycles. The van der Waals surface area contributed by atoms with Crippen molar-refractivity contribution in [3.05, 3.63) is 46.1 Å². The lowest BCUT2D eigenvalue weighted by Crippen LogP contribution is -2.27. The van der Waals surface area contributed by atoms with Crippen LogP contribution in [0.4, 0.5) is 4.79 Å². The number of fused-ring (bicyclic) bond motifs is 2. The van der Waals surface area contributed by atoms with E-state index in [4.69, 9.17) is 14.2 Å². The average Bonchev–Trinajstić information content (AvgIpc) is 2.70. The predicted molar refractivity (Wildman–Crippen MR) is 90.1 cm³/mol. The van der Waals surface area contributed by atoms with Gasteiger partial charge in [-0.25, -0.2) is 4.79 Å². The first-order valence-electron chi connectivity index (χ1n) is 8.22. The van der Waals surface area contributed by atoms with Crippen molar-refractivity contribution in [2.75, 3.05) is 0 Å².